The molecule has 2 rings (SSSR count). The standard InChI is InChI=1S/C15H10BrF3N2O2S/c16-12-10(7-4-8-11(12)23-15(17,18)19)20-14(24)21-13(22)9-5-2-1-3-6-9/h1-8H,(H2,20,21,22,24). The number of anilines is 1. The van der Waals surface area contributed by atoms with Crippen LogP contribution in [0.3, 0.4) is 0 Å². The lowest BCUT2D eigenvalue weighted by Crippen LogP contribution is -2.34. The lowest BCUT2D eigenvalue weighted by molar-refractivity contribution is -0.274. The van der Waals surface area contributed by atoms with Gasteiger partial charge in [0, 0.05) is 5.56 Å². The molecule has 9 heteroatoms. The number of hydrogen-bond donors (Lipinski definition) is 2. The molecule has 0 spiro atoms. The molecule has 2 aromatic carbocycles. The molecule has 0 radical (unpaired) electrons. The van der Waals surface area contributed by atoms with E-state index in [1.807, 2.05) is 0 Å². The molecule has 2 N–H and O–H groups in total. The molecule has 0 unspecified atom stereocenters. The minimum Gasteiger partial charge on any atom is -0.405 e. The molecule has 0 bridgehead atoms. The van der Waals surface area contributed by atoms with E-state index in [0.29, 0.717) is 5.56 Å². The van der Waals surface area contributed by atoms with Gasteiger partial charge in [-0.2, -0.15) is 0 Å². The molecular formula is C15H10BrF3N2O2S. The minimum atomic E-state index is -4.82. The predicted octanol–water partition coefficient (Wildman–Crippen LogP) is 4.47. The Bertz CT molecular complexity index is 754. The second kappa shape index (κ2) is 7.63. The van der Waals surface area contributed by atoms with Crippen LogP contribution < -0.4 is 15.4 Å². The normalized spacial score (nSPS) is 10.8. The SMILES string of the molecule is O=C(NC(=S)Nc1cccc(OC(F)(F)F)c1Br)c1ccccc1. The quantitative estimate of drug-likeness (QED) is 0.721. The molecule has 0 aliphatic rings. The number of amides is 1. The molecular weight excluding hydrogens is 409 g/mol. The van der Waals surface area contributed by atoms with Crippen LogP contribution in [0.1, 0.15) is 10.4 Å². The molecule has 0 heterocycles. The van der Waals surface area contributed by atoms with E-state index >= 15 is 0 Å². The molecule has 2 aromatic rings. The van der Waals surface area contributed by atoms with Gasteiger partial charge in [-0.3, -0.25) is 10.1 Å². The van der Waals surface area contributed by atoms with Crippen molar-refractivity contribution < 1.29 is 22.7 Å². The molecule has 4 nitrogen and oxygen atoms in total. The summed E-state index contributed by atoms with van der Waals surface area (Å²) in [6.45, 7) is 0. The van der Waals surface area contributed by atoms with Crippen molar-refractivity contribution in [3.8, 4) is 5.75 Å². The maximum atomic E-state index is 12.3. The first-order chi connectivity index (χ1) is 11.3. The van der Waals surface area contributed by atoms with Gasteiger partial charge in [-0.1, -0.05) is 24.3 Å². The number of carbonyl (C=O) groups excluding carboxylic acids is 1. The van der Waals surface area contributed by atoms with E-state index in [9.17, 15) is 18.0 Å². The van der Waals surface area contributed by atoms with Crippen LogP contribution in [0.5, 0.6) is 5.75 Å². The molecule has 126 valence electrons. The zero-order valence-electron chi connectivity index (χ0n) is 11.9. The molecule has 0 saturated carbocycles. The summed E-state index contributed by atoms with van der Waals surface area (Å²) in [5, 5.41) is 5.02. The second-order valence-corrected chi connectivity index (χ2v) is 5.64. The third-order valence-electron chi connectivity index (χ3n) is 2.70. The highest BCUT2D eigenvalue weighted by atomic mass is 79.9. The van der Waals surface area contributed by atoms with Crippen LogP contribution in [-0.4, -0.2) is 17.4 Å². The van der Waals surface area contributed by atoms with Gasteiger partial charge < -0.3 is 10.1 Å². The number of ether oxygens (including phenoxy) is 1. The topological polar surface area (TPSA) is 50.4 Å². The number of carbonyl (C=O) groups is 1. The predicted molar refractivity (Wildman–Crippen MR) is 91.0 cm³/mol. The van der Waals surface area contributed by atoms with Crippen LogP contribution in [0.25, 0.3) is 0 Å². The number of nitrogens with one attached hydrogen (secondary N) is 2. The molecule has 0 aliphatic carbocycles. The van der Waals surface area contributed by atoms with E-state index in [1.54, 1.807) is 30.3 Å². The van der Waals surface area contributed by atoms with Gasteiger partial charge in [-0.25, -0.2) is 0 Å². The number of alkyl halides is 3. The number of thiocarbonyl (C=S) groups is 1. The van der Waals surface area contributed by atoms with E-state index in [0.717, 1.165) is 6.07 Å². The zero-order valence-corrected chi connectivity index (χ0v) is 14.3. The molecule has 1 amide bonds. The largest absolute Gasteiger partial charge is 0.573 e. The summed E-state index contributed by atoms with van der Waals surface area (Å²) < 4.78 is 40.9. The van der Waals surface area contributed by atoms with Gasteiger partial charge in [-0.05, 0) is 52.4 Å². The maximum Gasteiger partial charge on any atom is 0.573 e. The van der Waals surface area contributed by atoms with Crippen molar-refractivity contribution in [2.24, 2.45) is 0 Å². The molecule has 0 saturated heterocycles. The lowest BCUT2D eigenvalue weighted by Gasteiger charge is -2.15. The summed E-state index contributed by atoms with van der Waals surface area (Å²) >= 11 is 8.01. The highest BCUT2D eigenvalue weighted by molar-refractivity contribution is 9.10. The Kier molecular flexibility index (Phi) is 5.79. The van der Waals surface area contributed by atoms with E-state index in [-0.39, 0.29) is 15.3 Å². The van der Waals surface area contributed by atoms with E-state index < -0.39 is 18.0 Å². The van der Waals surface area contributed by atoms with Gasteiger partial charge in [0.15, 0.2) is 5.11 Å². The van der Waals surface area contributed by atoms with E-state index in [1.165, 1.54) is 12.1 Å². The van der Waals surface area contributed by atoms with Crippen LogP contribution in [0.4, 0.5) is 18.9 Å². The van der Waals surface area contributed by atoms with Gasteiger partial charge >= 0.3 is 6.36 Å². The van der Waals surface area contributed by atoms with Crippen LogP contribution in [0.15, 0.2) is 53.0 Å². The van der Waals surface area contributed by atoms with Gasteiger partial charge in [0.1, 0.15) is 5.75 Å². The summed E-state index contributed by atoms with van der Waals surface area (Å²) in [6, 6.07) is 12.3. The fourth-order valence-corrected chi connectivity index (χ4v) is 2.38. The molecule has 0 aromatic heterocycles. The molecule has 0 atom stereocenters. The van der Waals surface area contributed by atoms with Gasteiger partial charge in [-0.15, -0.1) is 13.2 Å². The lowest BCUT2D eigenvalue weighted by atomic mass is 10.2. The number of rotatable bonds is 3. The van der Waals surface area contributed by atoms with Crippen molar-refractivity contribution in [1.29, 1.82) is 0 Å². The number of benzene rings is 2. The average Bonchev–Trinajstić information content (AvgIpc) is 2.51. The van der Waals surface area contributed by atoms with Gasteiger partial charge in [0.05, 0.1) is 10.2 Å². The fraction of sp³-hybridized carbons (Fsp3) is 0.0667. The zero-order chi connectivity index (χ0) is 17.7. The van der Waals surface area contributed by atoms with Crippen LogP contribution in [0.2, 0.25) is 0 Å². The Hall–Kier alpha value is -2.13. The van der Waals surface area contributed by atoms with Crippen molar-refractivity contribution in [3.05, 3.63) is 58.6 Å². The van der Waals surface area contributed by atoms with E-state index in [2.05, 4.69) is 31.3 Å². The van der Waals surface area contributed by atoms with Gasteiger partial charge in [0.25, 0.3) is 5.91 Å². The number of halogens is 4. The van der Waals surface area contributed by atoms with Crippen LogP contribution in [-0.2, 0) is 0 Å². The summed E-state index contributed by atoms with van der Waals surface area (Å²) in [5.41, 5.74) is 0.616. The van der Waals surface area contributed by atoms with Crippen molar-refractivity contribution in [2.45, 2.75) is 6.36 Å². The van der Waals surface area contributed by atoms with Crippen LogP contribution in [0, 0.1) is 0 Å². The monoisotopic (exact) mass is 418 g/mol. The summed E-state index contributed by atoms with van der Waals surface area (Å²) in [6.07, 6.45) is -4.82. The highest BCUT2D eigenvalue weighted by Gasteiger charge is 2.32. The van der Waals surface area contributed by atoms with Crippen molar-refractivity contribution in [1.82, 2.24) is 5.32 Å². The molecule has 24 heavy (non-hydrogen) atoms. The Morgan fingerprint density at radius 2 is 1.75 bits per heavy atom. The summed E-state index contributed by atoms with van der Waals surface area (Å²) in [7, 11) is 0. The van der Waals surface area contributed by atoms with Crippen molar-refractivity contribution in [2.75, 3.05) is 5.32 Å². The Morgan fingerprint density at radius 3 is 2.38 bits per heavy atom. The average molecular weight is 419 g/mol. The molecule has 0 aliphatic heterocycles. The minimum absolute atomic E-state index is 0.0265. The third kappa shape index (κ3) is 5.20. The van der Waals surface area contributed by atoms with E-state index in [4.69, 9.17) is 12.2 Å². The number of hydrogen-bond acceptors (Lipinski definition) is 3. The smallest absolute Gasteiger partial charge is 0.405 e. The Morgan fingerprint density at radius 1 is 1.08 bits per heavy atom. The van der Waals surface area contributed by atoms with Crippen molar-refractivity contribution >= 4 is 44.9 Å². The first kappa shape index (κ1) is 18.2. The Balaban J connectivity index is 2.07. The van der Waals surface area contributed by atoms with Gasteiger partial charge in [0.2, 0.25) is 0 Å². The maximum absolute atomic E-state index is 12.3. The molecule has 0 fully saturated rings. The summed E-state index contributed by atoms with van der Waals surface area (Å²) in [4.78, 5) is 12.0. The second-order valence-electron chi connectivity index (χ2n) is 4.44. The van der Waals surface area contributed by atoms with Crippen LogP contribution >= 0.6 is 28.1 Å². The first-order valence-corrected chi connectivity index (χ1v) is 7.68. The third-order valence-corrected chi connectivity index (χ3v) is 3.72. The Labute approximate surface area is 149 Å². The fourth-order valence-electron chi connectivity index (χ4n) is 1.73. The summed E-state index contributed by atoms with van der Waals surface area (Å²) in [5.74, 6) is -0.864. The van der Waals surface area contributed by atoms with Crippen molar-refractivity contribution in [3.63, 3.8) is 0 Å². The highest BCUT2D eigenvalue weighted by Crippen LogP contribution is 2.35. The first-order valence-electron chi connectivity index (χ1n) is 6.48.